The molecule has 0 spiro atoms. The molecule has 1 aliphatic heterocycles. The number of nitrogens with one attached hydrogen (secondary N) is 1. The Kier molecular flexibility index (Phi) is 8.25. The van der Waals surface area contributed by atoms with Crippen LogP contribution in [0.25, 0.3) is 0 Å². The molecule has 32 heavy (non-hydrogen) atoms. The predicted molar refractivity (Wildman–Crippen MR) is 120 cm³/mol. The Morgan fingerprint density at radius 2 is 1.94 bits per heavy atom. The summed E-state index contributed by atoms with van der Waals surface area (Å²) in [6.45, 7) is 4.86. The maximum atomic E-state index is 13.2. The zero-order chi connectivity index (χ0) is 22.9. The van der Waals surface area contributed by atoms with Crippen LogP contribution in [-0.2, 0) is 20.7 Å². The molecular weight excluding hydrogens is 408 g/mol. The molecule has 2 amide bonds. The van der Waals surface area contributed by atoms with Gasteiger partial charge in [-0.05, 0) is 37.1 Å². The fourth-order valence-electron chi connectivity index (χ4n) is 3.49. The van der Waals surface area contributed by atoms with E-state index in [1.807, 2.05) is 37.3 Å². The van der Waals surface area contributed by atoms with Gasteiger partial charge in [-0.2, -0.15) is 0 Å². The van der Waals surface area contributed by atoms with Gasteiger partial charge in [-0.3, -0.25) is 14.4 Å². The minimum atomic E-state index is -0.893. The number of carbonyl (C=O) groups is 3. The second kappa shape index (κ2) is 11.3. The highest BCUT2D eigenvalue weighted by Gasteiger charge is 2.35. The zero-order valence-corrected chi connectivity index (χ0v) is 18.6. The first-order valence-corrected chi connectivity index (χ1v) is 11.0. The van der Waals surface area contributed by atoms with E-state index in [4.69, 9.17) is 9.47 Å². The Labute approximate surface area is 188 Å². The van der Waals surface area contributed by atoms with Gasteiger partial charge in [-0.1, -0.05) is 43.3 Å². The molecule has 0 saturated carbocycles. The summed E-state index contributed by atoms with van der Waals surface area (Å²) in [6.07, 6.45) is 1.03. The van der Waals surface area contributed by atoms with Crippen molar-refractivity contribution in [3.05, 3.63) is 65.7 Å². The molecule has 2 aromatic carbocycles. The van der Waals surface area contributed by atoms with Crippen molar-refractivity contribution in [1.82, 2.24) is 10.2 Å². The van der Waals surface area contributed by atoms with Crippen molar-refractivity contribution in [3.8, 4) is 5.75 Å². The molecule has 0 bridgehead atoms. The van der Waals surface area contributed by atoms with Crippen LogP contribution in [-0.4, -0.2) is 54.5 Å². The monoisotopic (exact) mass is 438 g/mol. The highest BCUT2D eigenvalue weighted by atomic mass is 16.5. The van der Waals surface area contributed by atoms with E-state index in [-0.39, 0.29) is 24.3 Å². The summed E-state index contributed by atoms with van der Waals surface area (Å²) in [7, 11) is 0. The third kappa shape index (κ3) is 6.33. The Balaban J connectivity index is 1.65. The minimum Gasteiger partial charge on any atom is -0.493 e. The first kappa shape index (κ1) is 23.3. The summed E-state index contributed by atoms with van der Waals surface area (Å²) in [5.74, 6) is -0.561. The molecule has 7 nitrogen and oxygen atoms in total. The average Bonchev–Trinajstić information content (AvgIpc) is 2.80. The van der Waals surface area contributed by atoms with Crippen molar-refractivity contribution in [1.29, 1.82) is 0 Å². The number of esters is 1. The number of benzene rings is 2. The summed E-state index contributed by atoms with van der Waals surface area (Å²) < 4.78 is 11.1. The van der Waals surface area contributed by atoms with Gasteiger partial charge in [0.15, 0.2) is 0 Å². The van der Waals surface area contributed by atoms with Crippen LogP contribution in [0.1, 0.15) is 42.6 Å². The molecule has 0 aromatic heterocycles. The van der Waals surface area contributed by atoms with E-state index in [1.54, 1.807) is 31.2 Å². The van der Waals surface area contributed by atoms with Gasteiger partial charge in [0.05, 0.1) is 19.1 Å². The van der Waals surface area contributed by atoms with E-state index >= 15 is 0 Å². The number of hydrogen-bond acceptors (Lipinski definition) is 5. The topological polar surface area (TPSA) is 84.9 Å². The number of ether oxygens (including phenoxy) is 2. The smallest absolute Gasteiger partial charge is 0.308 e. The van der Waals surface area contributed by atoms with Crippen molar-refractivity contribution in [2.75, 3.05) is 19.7 Å². The molecule has 2 aromatic rings. The van der Waals surface area contributed by atoms with Crippen LogP contribution in [0.15, 0.2) is 54.6 Å². The quantitative estimate of drug-likeness (QED) is 0.609. The molecular formula is C25H30N2O5. The van der Waals surface area contributed by atoms with Crippen LogP contribution in [0.4, 0.5) is 0 Å². The van der Waals surface area contributed by atoms with Crippen molar-refractivity contribution >= 4 is 17.8 Å². The van der Waals surface area contributed by atoms with E-state index in [0.29, 0.717) is 37.4 Å². The molecule has 1 heterocycles. The van der Waals surface area contributed by atoms with Gasteiger partial charge in [0.25, 0.3) is 5.91 Å². The average molecular weight is 439 g/mol. The second-order valence-corrected chi connectivity index (χ2v) is 7.83. The summed E-state index contributed by atoms with van der Waals surface area (Å²) in [4.78, 5) is 39.3. The van der Waals surface area contributed by atoms with Gasteiger partial charge in [0.1, 0.15) is 11.8 Å². The summed E-state index contributed by atoms with van der Waals surface area (Å²) >= 11 is 0. The largest absolute Gasteiger partial charge is 0.493 e. The van der Waals surface area contributed by atoms with Gasteiger partial charge in [-0.25, -0.2) is 0 Å². The number of rotatable bonds is 9. The molecule has 3 rings (SSSR count). The highest BCUT2D eigenvalue weighted by Crippen LogP contribution is 2.19. The SMILES string of the molecule is CCC(C)OC(=O)CC1C(=O)NCCN1C(=O)c1cccc(OCCc2ccccc2)c1. The molecule has 1 saturated heterocycles. The van der Waals surface area contributed by atoms with Crippen LogP contribution in [0.5, 0.6) is 5.75 Å². The lowest BCUT2D eigenvalue weighted by atomic mass is 10.1. The first-order chi connectivity index (χ1) is 15.5. The maximum Gasteiger partial charge on any atom is 0.308 e. The van der Waals surface area contributed by atoms with Crippen LogP contribution < -0.4 is 10.1 Å². The van der Waals surface area contributed by atoms with Gasteiger partial charge < -0.3 is 19.7 Å². The number of hydrogen-bond donors (Lipinski definition) is 1. The van der Waals surface area contributed by atoms with Crippen LogP contribution in [0, 0.1) is 0 Å². The van der Waals surface area contributed by atoms with E-state index in [1.165, 1.54) is 10.5 Å². The minimum absolute atomic E-state index is 0.171. The molecule has 170 valence electrons. The van der Waals surface area contributed by atoms with E-state index in [2.05, 4.69) is 5.32 Å². The summed E-state index contributed by atoms with van der Waals surface area (Å²) in [5, 5.41) is 2.73. The van der Waals surface area contributed by atoms with Crippen LogP contribution in [0.3, 0.4) is 0 Å². The zero-order valence-electron chi connectivity index (χ0n) is 18.6. The molecule has 2 atom stereocenters. The Bertz CT molecular complexity index is 931. The third-order valence-corrected chi connectivity index (χ3v) is 5.44. The van der Waals surface area contributed by atoms with E-state index in [0.717, 1.165) is 6.42 Å². The van der Waals surface area contributed by atoms with Crippen molar-refractivity contribution in [2.45, 2.75) is 45.3 Å². The molecule has 7 heteroatoms. The first-order valence-electron chi connectivity index (χ1n) is 11.0. The normalized spacial score (nSPS) is 16.8. The number of carbonyl (C=O) groups excluding carboxylic acids is 3. The van der Waals surface area contributed by atoms with Crippen molar-refractivity contribution in [2.24, 2.45) is 0 Å². The molecule has 1 N–H and O–H groups in total. The highest BCUT2D eigenvalue weighted by molar-refractivity contribution is 5.99. The Morgan fingerprint density at radius 3 is 2.69 bits per heavy atom. The summed E-state index contributed by atoms with van der Waals surface area (Å²) in [6, 6.07) is 16.0. The van der Waals surface area contributed by atoms with Crippen LogP contribution in [0.2, 0.25) is 0 Å². The Morgan fingerprint density at radius 1 is 1.16 bits per heavy atom. The standard InChI is InChI=1S/C25H30N2O5/c1-3-18(2)32-23(28)17-22-24(29)26-13-14-27(22)25(30)20-10-7-11-21(16-20)31-15-12-19-8-5-4-6-9-19/h4-11,16,18,22H,3,12-15,17H2,1-2H3,(H,26,29). The van der Waals surface area contributed by atoms with Crippen molar-refractivity contribution in [3.63, 3.8) is 0 Å². The molecule has 0 radical (unpaired) electrons. The summed E-state index contributed by atoms with van der Waals surface area (Å²) in [5.41, 5.74) is 1.59. The van der Waals surface area contributed by atoms with E-state index < -0.39 is 12.0 Å². The lowest BCUT2D eigenvalue weighted by molar-refractivity contribution is -0.151. The predicted octanol–water partition coefficient (Wildman–Crippen LogP) is 2.98. The molecule has 1 aliphatic rings. The van der Waals surface area contributed by atoms with Gasteiger partial charge in [0, 0.05) is 25.1 Å². The Hall–Kier alpha value is -3.35. The van der Waals surface area contributed by atoms with Crippen molar-refractivity contribution < 1.29 is 23.9 Å². The second-order valence-electron chi connectivity index (χ2n) is 7.83. The fraction of sp³-hybridized carbons (Fsp3) is 0.400. The number of piperazine rings is 1. The fourth-order valence-corrected chi connectivity index (χ4v) is 3.49. The molecule has 0 aliphatic carbocycles. The molecule has 2 unspecified atom stereocenters. The van der Waals surface area contributed by atoms with Gasteiger partial charge in [-0.15, -0.1) is 0 Å². The molecule has 1 fully saturated rings. The maximum absolute atomic E-state index is 13.2. The lowest BCUT2D eigenvalue weighted by Gasteiger charge is -2.34. The van der Waals surface area contributed by atoms with Gasteiger partial charge in [0.2, 0.25) is 5.91 Å². The van der Waals surface area contributed by atoms with E-state index in [9.17, 15) is 14.4 Å². The number of nitrogens with zero attached hydrogens (tertiary/aromatic N) is 1. The van der Waals surface area contributed by atoms with Crippen LogP contribution >= 0.6 is 0 Å². The number of amides is 2. The lowest BCUT2D eigenvalue weighted by Crippen LogP contribution is -2.57. The van der Waals surface area contributed by atoms with Gasteiger partial charge >= 0.3 is 5.97 Å². The third-order valence-electron chi connectivity index (χ3n) is 5.44.